The van der Waals surface area contributed by atoms with Gasteiger partial charge in [-0.1, -0.05) is 6.07 Å². The lowest BCUT2D eigenvalue weighted by Gasteiger charge is -2.15. The molecule has 0 fully saturated rings. The van der Waals surface area contributed by atoms with E-state index in [9.17, 15) is 0 Å². The molecule has 14 heavy (non-hydrogen) atoms. The third-order valence-electron chi connectivity index (χ3n) is 2.28. The fourth-order valence-corrected chi connectivity index (χ4v) is 1.49. The monoisotopic (exact) mass is 194 g/mol. The lowest BCUT2D eigenvalue weighted by atomic mass is 10.0. The maximum atomic E-state index is 5.03. The fourth-order valence-electron chi connectivity index (χ4n) is 1.49. The van der Waals surface area contributed by atoms with Crippen LogP contribution in [-0.2, 0) is 4.74 Å². The van der Waals surface area contributed by atoms with Gasteiger partial charge in [0.15, 0.2) is 0 Å². The predicted octanol–water partition coefficient (Wildman–Crippen LogP) is 1.77. The van der Waals surface area contributed by atoms with Gasteiger partial charge in [-0.15, -0.1) is 0 Å². The van der Waals surface area contributed by atoms with Gasteiger partial charge in [0.05, 0.1) is 0 Å². The highest BCUT2D eigenvalue weighted by atomic mass is 16.5. The molecule has 0 aliphatic rings. The SMILES string of the molecule is CNC(CCCOC)c1cccnc1. The highest BCUT2D eigenvalue weighted by Crippen LogP contribution is 2.16. The molecule has 1 aromatic heterocycles. The summed E-state index contributed by atoms with van der Waals surface area (Å²) >= 11 is 0. The van der Waals surface area contributed by atoms with Crippen LogP contribution in [0, 0.1) is 0 Å². The number of rotatable bonds is 6. The molecule has 0 amide bonds. The average Bonchev–Trinajstić information content (AvgIpc) is 2.26. The first-order chi connectivity index (χ1) is 6.88. The van der Waals surface area contributed by atoms with Crippen molar-refractivity contribution < 1.29 is 4.74 Å². The molecule has 0 saturated heterocycles. The normalized spacial score (nSPS) is 12.7. The van der Waals surface area contributed by atoms with Crippen molar-refractivity contribution in [1.29, 1.82) is 0 Å². The predicted molar refractivity (Wildman–Crippen MR) is 57.1 cm³/mol. The van der Waals surface area contributed by atoms with Crippen molar-refractivity contribution in [3.05, 3.63) is 30.1 Å². The molecule has 1 rings (SSSR count). The maximum Gasteiger partial charge on any atom is 0.0462 e. The highest BCUT2D eigenvalue weighted by Gasteiger charge is 2.07. The topological polar surface area (TPSA) is 34.1 Å². The Balaban J connectivity index is 2.46. The zero-order valence-electron chi connectivity index (χ0n) is 8.86. The van der Waals surface area contributed by atoms with Crippen molar-refractivity contribution in [2.75, 3.05) is 20.8 Å². The Labute approximate surface area is 85.5 Å². The van der Waals surface area contributed by atoms with Gasteiger partial charge in [-0.25, -0.2) is 0 Å². The lowest BCUT2D eigenvalue weighted by Crippen LogP contribution is -2.16. The Hall–Kier alpha value is -0.930. The standard InChI is InChI=1S/C11H18N2O/c1-12-11(6-4-8-14-2)10-5-3-7-13-9-10/h3,5,7,9,11-12H,4,6,8H2,1-2H3. The van der Waals surface area contributed by atoms with Crippen LogP contribution in [0.4, 0.5) is 0 Å². The molecule has 1 heterocycles. The van der Waals surface area contributed by atoms with Gasteiger partial charge in [-0.05, 0) is 31.5 Å². The van der Waals surface area contributed by atoms with E-state index >= 15 is 0 Å². The van der Waals surface area contributed by atoms with Gasteiger partial charge in [0, 0.05) is 32.2 Å². The summed E-state index contributed by atoms with van der Waals surface area (Å²) in [6.45, 7) is 0.818. The quantitative estimate of drug-likeness (QED) is 0.701. The molecule has 1 atom stereocenters. The number of aromatic nitrogens is 1. The number of hydrogen-bond acceptors (Lipinski definition) is 3. The second-order valence-electron chi connectivity index (χ2n) is 3.26. The van der Waals surface area contributed by atoms with E-state index in [1.807, 2.05) is 19.3 Å². The molecule has 3 heteroatoms. The molecule has 78 valence electrons. The van der Waals surface area contributed by atoms with Crippen molar-refractivity contribution in [2.45, 2.75) is 18.9 Å². The molecule has 0 bridgehead atoms. The van der Waals surface area contributed by atoms with Gasteiger partial charge < -0.3 is 10.1 Å². The zero-order chi connectivity index (χ0) is 10.2. The number of nitrogens with one attached hydrogen (secondary N) is 1. The van der Waals surface area contributed by atoms with E-state index in [0.717, 1.165) is 19.4 Å². The Morgan fingerprint density at radius 2 is 2.43 bits per heavy atom. The molecule has 1 N–H and O–H groups in total. The van der Waals surface area contributed by atoms with Crippen molar-refractivity contribution in [2.24, 2.45) is 0 Å². The Kier molecular flexibility index (Phi) is 5.19. The van der Waals surface area contributed by atoms with Crippen molar-refractivity contribution >= 4 is 0 Å². The summed E-state index contributed by atoms with van der Waals surface area (Å²) in [7, 11) is 3.71. The summed E-state index contributed by atoms with van der Waals surface area (Å²) in [6, 6.07) is 4.45. The summed E-state index contributed by atoms with van der Waals surface area (Å²) in [6.07, 6.45) is 5.85. The Bertz CT molecular complexity index is 238. The van der Waals surface area contributed by atoms with Crippen LogP contribution >= 0.6 is 0 Å². The highest BCUT2D eigenvalue weighted by molar-refractivity contribution is 5.13. The van der Waals surface area contributed by atoms with Crippen LogP contribution in [0.5, 0.6) is 0 Å². The molecule has 1 unspecified atom stereocenters. The van der Waals surface area contributed by atoms with Gasteiger partial charge in [-0.3, -0.25) is 4.98 Å². The van der Waals surface area contributed by atoms with Gasteiger partial charge >= 0.3 is 0 Å². The van der Waals surface area contributed by atoms with Crippen molar-refractivity contribution in [3.8, 4) is 0 Å². The molecule has 3 nitrogen and oxygen atoms in total. The van der Waals surface area contributed by atoms with E-state index in [1.54, 1.807) is 13.3 Å². The Morgan fingerprint density at radius 1 is 1.57 bits per heavy atom. The average molecular weight is 194 g/mol. The minimum atomic E-state index is 0.388. The van der Waals surface area contributed by atoms with Crippen LogP contribution in [0.1, 0.15) is 24.4 Å². The summed E-state index contributed by atoms with van der Waals surface area (Å²) in [5.41, 5.74) is 1.24. The number of nitrogens with zero attached hydrogens (tertiary/aromatic N) is 1. The molecule has 0 aliphatic carbocycles. The zero-order valence-corrected chi connectivity index (χ0v) is 8.86. The largest absolute Gasteiger partial charge is 0.385 e. The van der Waals surface area contributed by atoms with E-state index < -0.39 is 0 Å². The first kappa shape index (κ1) is 11.1. The minimum absolute atomic E-state index is 0.388. The summed E-state index contributed by atoms with van der Waals surface area (Å²) < 4.78 is 5.03. The number of methoxy groups -OCH3 is 1. The molecular formula is C11H18N2O. The molecule has 1 aromatic rings. The Morgan fingerprint density at radius 3 is 3.00 bits per heavy atom. The van der Waals surface area contributed by atoms with Crippen molar-refractivity contribution in [3.63, 3.8) is 0 Å². The van der Waals surface area contributed by atoms with Crippen LogP contribution < -0.4 is 5.32 Å². The first-order valence-electron chi connectivity index (χ1n) is 4.94. The van der Waals surface area contributed by atoms with Gasteiger partial charge in [0.1, 0.15) is 0 Å². The van der Waals surface area contributed by atoms with Crippen LogP contribution in [0.3, 0.4) is 0 Å². The molecule has 0 aromatic carbocycles. The minimum Gasteiger partial charge on any atom is -0.385 e. The number of ether oxygens (including phenoxy) is 1. The van der Waals surface area contributed by atoms with Crippen LogP contribution in [0.2, 0.25) is 0 Å². The third kappa shape index (κ3) is 3.44. The van der Waals surface area contributed by atoms with Gasteiger partial charge in [0.2, 0.25) is 0 Å². The van der Waals surface area contributed by atoms with E-state index in [2.05, 4.69) is 16.4 Å². The van der Waals surface area contributed by atoms with Crippen molar-refractivity contribution in [1.82, 2.24) is 10.3 Å². The van der Waals surface area contributed by atoms with Gasteiger partial charge in [0.25, 0.3) is 0 Å². The van der Waals surface area contributed by atoms with E-state index in [4.69, 9.17) is 4.74 Å². The molecule has 0 aliphatic heterocycles. The molecule has 0 radical (unpaired) electrons. The number of pyridine rings is 1. The van der Waals surface area contributed by atoms with Crippen LogP contribution in [-0.4, -0.2) is 25.7 Å². The molecular weight excluding hydrogens is 176 g/mol. The molecule has 0 spiro atoms. The third-order valence-corrected chi connectivity index (χ3v) is 2.28. The number of hydrogen-bond donors (Lipinski definition) is 1. The smallest absolute Gasteiger partial charge is 0.0462 e. The lowest BCUT2D eigenvalue weighted by molar-refractivity contribution is 0.189. The summed E-state index contributed by atoms with van der Waals surface area (Å²) in [5, 5.41) is 3.28. The van der Waals surface area contributed by atoms with E-state index in [1.165, 1.54) is 5.56 Å². The maximum absolute atomic E-state index is 5.03. The van der Waals surface area contributed by atoms with Crippen LogP contribution in [0.25, 0.3) is 0 Å². The van der Waals surface area contributed by atoms with Crippen LogP contribution in [0.15, 0.2) is 24.5 Å². The summed E-state index contributed by atoms with van der Waals surface area (Å²) in [4.78, 5) is 4.11. The first-order valence-corrected chi connectivity index (χ1v) is 4.94. The van der Waals surface area contributed by atoms with E-state index in [0.29, 0.717) is 6.04 Å². The fraction of sp³-hybridized carbons (Fsp3) is 0.545. The van der Waals surface area contributed by atoms with Gasteiger partial charge in [-0.2, -0.15) is 0 Å². The second-order valence-corrected chi connectivity index (χ2v) is 3.26. The van der Waals surface area contributed by atoms with E-state index in [-0.39, 0.29) is 0 Å². The molecule has 0 saturated carbocycles. The second kappa shape index (κ2) is 6.51. The summed E-state index contributed by atoms with van der Waals surface area (Å²) in [5.74, 6) is 0.